The fourth-order valence-corrected chi connectivity index (χ4v) is 1.52. The SMILES string of the molecule is CN(C)C=NS(=O)c1ccccc1. The largest absolute Gasteiger partial charge is 0.368 e. The molecule has 1 aromatic carbocycles. The Morgan fingerprint density at radius 2 is 1.92 bits per heavy atom. The van der Waals surface area contributed by atoms with Crippen LogP contribution in [0, 0.1) is 0 Å². The van der Waals surface area contributed by atoms with Gasteiger partial charge in [-0.05, 0) is 12.1 Å². The van der Waals surface area contributed by atoms with Gasteiger partial charge < -0.3 is 4.90 Å². The Morgan fingerprint density at radius 3 is 2.46 bits per heavy atom. The highest BCUT2D eigenvalue weighted by Crippen LogP contribution is 2.05. The molecule has 1 aromatic rings. The summed E-state index contributed by atoms with van der Waals surface area (Å²) < 4.78 is 15.3. The van der Waals surface area contributed by atoms with Crippen molar-refractivity contribution in [2.75, 3.05) is 14.1 Å². The summed E-state index contributed by atoms with van der Waals surface area (Å²) in [7, 11) is 2.40. The predicted octanol–water partition coefficient (Wildman–Crippen LogP) is 1.30. The molecule has 3 nitrogen and oxygen atoms in total. The highest BCUT2D eigenvalue weighted by molar-refractivity contribution is 7.83. The van der Waals surface area contributed by atoms with Gasteiger partial charge in [-0.2, -0.15) is 4.40 Å². The molecule has 1 unspecified atom stereocenters. The minimum absolute atomic E-state index is 0.723. The number of hydrogen-bond acceptors (Lipinski definition) is 1. The standard InChI is InChI=1S/C9H12N2OS/c1-11(2)8-10-13(12)9-6-4-3-5-7-9/h3-8H,1-2H3. The average molecular weight is 196 g/mol. The van der Waals surface area contributed by atoms with Gasteiger partial charge in [-0.1, -0.05) is 18.2 Å². The van der Waals surface area contributed by atoms with E-state index in [1.54, 1.807) is 23.4 Å². The molecule has 0 aliphatic heterocycles. The number of benzene rings is 1. The minimum atomic E-state index is -1.28. The number of hydrogen-bond donors (Lipinski definition) is 0. The molecule has 13 heavy (non-hydrogen) atoms. The van der Waals surface area contributed by atoms with Gasteiger partial charge in [0, 0.05) is 14.1 Å². The molecule has 0 N–H and O–H groups in total. The molecular formula is C9H12N2OS. The molecule has 0 aromatic heterocycles. The van der Waals surface area contributed by atoms with Gasteiger partial charge in [0.15, 0.2) is 11.0 Å². The van der Waals surface area contributed by atoms with E-state index in [0.717, 1.165) is 4.90 Å². The van der Waals surface area contributed by atoms with Crippen LogP contribution in [0.3, 0.4) is 0 Å². The molecule has 0 radical (unpaired) electrons. The second-order valence-corrected chi connectivity index (χ2v) is 3.93. The van der Waals surface area contributed by atoms with E-state index in [0.29, 0.717) is 0 Å². The van der Waals surface area contributed by atoms with E-state index in [1.807, 2.05) is 32.3 Å². The van der Waals surface area contributed by atoms with Crippen LogP contribution in [-0.4, -0.2) is 29.5 Å². The monoisotopic (exact) mass is 196 g/mol. The van der Waals surface area contributed by atoms with Crippen LogP contribution in [0.2, 0.25) is 0 Å². The second-order valence-electron chi connectivity index (χ2n) is 2.75. The van der Waals surface area contributed by atoms with Crippen molar-refractivity contribution < 1.29 is 4.21 Å². The van der Waals surface area contributed by atoms with Crippen LogP contribution in [0.5, 0.6) is 0 Å². The molecule has 0 aliphatic carbocycles. The summed E-state index contributed by atoms with van der Waals surface area (Å²) in [4.78, 5) is 2.47. The molecular weight excluding hydrogens is 184 g/mol. The van der Waals surface area contributed by atoms with Crippen molar-refractivity contribution in [2.45, 2.75) is 4.90 Å². The average Bonchev–Trinajstić information content (AvgIpc) is 2.15. The van der Waals surface area contributed by atoms with Crippen LogP contribution in [-0.2, 0) is 11.0 Å². The van der Waals surface area contributed by atoms with Crippen molar-refractivity contribution in [3.8, 4) is 0 Å². The van der Waals surface area contributed by atoms with E-state index < -0.39 is 11.0 Å². The van der Waals surface area contributed by atoms with Crippen LogP contribution in [0.25, 0.3) is 0 Å². The van der Waals surface area contributed by atoms with Crippen LogP contribution in [0.4, 0.5) is 0 Å². The maximum absolute atomic E-state index is 11.4. The summed E-state index contributed by atoms with van der Waals surface area (Å²) in [6, 6.07) is 9.17. The lowest BCUT2D eigenvalue weighted by Gasteiger charge is -2.01. The summed E-state index contributed by atoms with van der Waals surface area (Å²) in [6.07, 6.45) is 1.54. The lowest BCUT2D eigenvalue weighted by Crippen LogP contribution is -2.08. The van der Waals surface area contributed by atoms with Gasteiger partial charge in [-0.25, -0.2) is 4.21 Å². The Bertz CT molecular complexity index is 309. The fraction of sp³-hybridized carbons (Fsp3) is 0.222. The zero-order valence-electron chi connectivity index (χ0n) is 7.68. The smallest absolute Gasteiger partial charge is 0.173 e. The first-order valence-electron chi connectivity index (χ1n) is 3.87. The first kappa shape index (κ1) is 9.92. The highest BCUT2D eigenvalue weighted by atomic mass is 32.2. The summed E-state index contributed by atoms with van der Waals surface area (Å²) in [5, 5.41) is 0. The van der Waals surface area contributed by atoms with E-state index in [9.17, 15) is 4.21 Å². The molecule has 70 valence electrons. The van der Waals surface area contributed by atoms with Gasteiger partial charge in [0.25, 0.3) is 0 Å². The highest BCUT2D eigenvalue weighted by Gasteiger charge is 1.97. The molecule has 0 aliphatic rings. The normalized spacial score (nSPS) is 13.1. The van der Waals surface area contributed by atoms with Gasteiger partial charge in [-0.3, -0.25) is 0 Å². The van der Waals surface area contributed by atoms with Gasteiger partial charge in [0.1, 0.15) is 6.34 Å². The topological polar surface area (TPSA) is 32.7 Å². The van der Waals surface area contributed by atoms with Crippen LogP contribution in [0.1, 0.15) is 0 Å². The Hall–Kier alpha value is -1.16. The third kappa shape index (κ3) is 3.38. The molecule has 0 spiro atoms. The predicted molar refractivity (Wildman–Crippen MR) is 55.0 cm³/mol. The summed E-state index contributed by atoms with van der Waals surface area (Å²) in [5.74, 6) is 0. The van der Waals surface area contributed by atoms with Crippen molar-refractivity contribution >= 4 is 17.3 Å². The zero-order chi connectivity index (χ0) is 9.68. The van der Waals surface area contributed by atoms with E-state index in [-0.39, 0.29) is 0 Å². The lowest BCUT2D eigenvalue weighted by atomic mass is 10.4. The van der Waals surface area contributed by atoms with E-state index in [4.69, 9.17) is 0 Å². The number of rotatable bonds is 3. The molecule has 0 saturated heterocycles. The summed E-state index contributed by atoms with van der Waals surface area (Å²) in [6.45, 7) is 0. The Balaban J connectivity index is 2.70. The van der Waals surface area contributed by atoms with Crippen LogP contribution >= 0.6 is 0 Å². The maximum atomic E-state index is 11.4. The molecule has 0 heterocycles. The molecule has 1 rings (SSSR count). The molecule has 0 saturated carbocycles. The van der Waals surface area contributed by atoms with E-state index in [2.05, 4.69) is 4.40 Å². The van der Waals surface area contributed by atoms with Crippen molar-refractivity contribution in [3.63, 3.8) is 0 Å². The van der Waals surface area contributed by atoms with Crippen molar-refractivity contribution in [1.29, 1.82) is 0 Å². The first-order valence-corrected chi connectivity index (χ1v) is 4.98. The van der Waals surface area contributed by atoms with Crippen molar-refractivity contribution in [3.05, 3.63) is 30.3 Å². The van der Waals surface area contributed by atoms with Crippen LogP contribution in [0.15, 0.2) is 39.6 Å². The third-order valence-corrected chi connectivity index (χ3v) is 2.28. The first-order chi connectivity index (χ1) is 6.20. The molecule has 0 fully saturated rings. The second kappa shape index (κ2) is 4.77. The zero-order valence-corrected chi connectivity index (χ0v) is 8.49. The van der Waals surface area contributed by atoms with Gasteiger partial charge >= 0.3 is 0 Å². The maximum Gasteiger partial charge on any atom is 0.173 e. The Labute approximate surface area is 80.7 Å². The van der Waals surface area contributed by atoms with Crippen molar-refractivity contribution in [1.82, 2.24) is 4.90 Å². The molecule has 4 heteroatoms. The molecule has 0 amide bonds. The van der Waals surface area contributed by atoms with Crippen LogP contribution < -0.4 is 0 Å². The minimum Gasteiger partial charge on any atom is -0.368 e. The van der Waals surface area contributed by atoms with Gasteiger partial charge in [0.2, 0.25) is 0 Å². The molecule has 0 bridgehead atoms. The van der Waals surface area contributed by atoms with Crippen molar-refractivity contribution in [2.24, 2.45) is 4.40 Å². The van der Waals surface area contributed by atoms with Gasteiger partial charge in [0.05, 0.1) is 4.90 Å². The lowest BCUT2D eigenvalue weighted by molar-refractivity contribution is 0.642. The number of nitrogens with zero attached hydrogens (tertiary/aromatic N) is 2. The van der Waals surface area contributed by atoms with Gasteiger partial charge in [-0.15, -0.1) is 0 Å². The van der Waals surface area contributed by atoms with E-state index >= 15 is 0 Å². The Morgan fingerprint density at radius 1 is 1.31 bits per heavy atom. The van der Waals surface area contributed by atoms with E-state index in [1.165, 1.54) is 0 Å². The summed E-state index contributed by atoms with van der Waals surface area (Å²) in [5.41, 5.74) is 0. The molecule has 1 atom stereocenters. The fourth-order valence-electron chi connectivity index (χ4n) is 0.735. The third-order valence-electron chi connectivity index (χ3n) is 1.32. The summed E-state index contributed by atoms with van der Waals surface area (Å²) >= 11 is 0. The quantitative estimate of drug-likeness (QED) is 0.539. The Kier molecular flexibility index (Phi) is 3.64.